The standard InChI is InChI=1S/C15H11ClN2O2/c16-9-3-6-11-12(7-9)18-15(20)13(11)14(17)8-1-4-10(19)5-2-8/h1-7,19H,17H2,(H,18,20). The van der Waals surface area contributed by atoms with E-state index in [-0.39, 0.29) is 11.7 Å². The van der Waals surface area contributed by atoms with Gasteiger partial charge in [-0.25, -0.2) is 0 Å². The monoisotopic (exact) mass is 286 g/mol. The topological polar surface area (TPSA) is 75.4 Å². The number of benzene rings is 2. The van der Waals surface area contributed by atoms with Gasteiger partial charge in [0.1, 0.15) is 5.75 Å². The predicted octanol–water partition coefficient (Wildman–Crippen LogP) is 2.82. The lowest BCUT2D eigenvalue weighted by Gasteiger charge is -2.06. The zero-order valence-electron chi connectivity index (χ0n) is 10.4. The number of phenols is 1. The summed E-state index contributed by atoms with van der Waals surface area (Å²) in [7, 11) is 0. The van der Waals surface area contributed by atoms with Crippen LogP contribution in [0.15, 0.2) is 42.5 Å². The highest BCUT2D eigenvalue weighted by Gasteiger charge is 2.27. The first-order valence-corrected chi connectivity index (χ1v) is 6.34. The van der Waals surface area contributed by atoms with E-state index in [0.29, 0.717) is 27.5 Å². The summed E-state index contributed by atoms with van der Waals surface area (Å²) in [4.78, 5) is 12.1. The average molecular weight is 287 g/mol. The summed E-state index contributed by atoms with van der Waals surface area (Å²) in [6, 6.07) is 11.5. The van der Waals surface area contributed by atoms with Crippen molar-refractivity contribution >= 4 is 34.5 Å². The molecule has 0 aliphatic carbocycles. The zero-order chi connectivity index (χ0) is 14.3. The van der Waals surface area contributed by atoms with Crippen molar-refractivity contribution in [2.24, 2.45) is 5.73 Å². The number of hydrogen-bond acceptors (Lipinski definition) is 3. The van der Waals surface area contributed by atoms with Gasteiger partial charge in [0, 0.05) is 10.6 Å². The molecule has 1 aliphatic heterocycles. The first kappa shape index (κ1) is 12.6. The molecule has 3 rings (SSSR count). The summed E-state index contributed by atoms with van der Waals surface area (Å²) >= 11 is 5.91. The summed E-state index contributed by atoms with van der Waals surface area (Å²) < 4.78 is 0. The van der Waals surface area contributed by atoms with Crippen LogP contribution in [0, 0.1) is 0 Å². The number of fused-ring (bicyclic) bond motifs is 1. The quantitative estimate of drug-likeness (QED) is 0.706. The molecule has 4 N–H and O–H groups in total. The van der Waals surface area contributed by atoms with E-state index in [1.54, 1.807) is 30.3 Å². The van der Waals surface area contributed by atoms with E-state index in [2.05, 4.69) is 5.32 Å². The molecule has 100 valence electrons. The maximum atomic E-state index is 12.1. The van der Waals surface area contributed by atoms with E-state index in [0.717, 1.165) is 5.56 Å². The minimum atomic E-state index is -0.257. The summed E-state index contributed by atoms with van der Waals surface area (Å²) in [5.74, 6) is -0.109. The number of amides is 1. The third-order valence-corrected chi connectivity index (χ3v) is 3.41. The van der Waals surface area contributed by atoms with Crippen LogP contribution in [0.3, 0.4) is 0 Å². The van der Waals surface area contributed by atoms with Gasteiger partial charge in [0.2, 0.25) is 0 Å². The van der Waals surface area contributed by atoms with Crippen LogP contribution < -0.4 is 11.1 Å². The molecule has 0 unspecified atom stereocenters. The number of nitrogens with one attached hydrogen (secondary N) is 1. The fraction of sp³-hybridized carbons (Fsp3) is 0. The number of carbonyl (C=O) groups is 1. The van der Waals surface area contributed by atoms with Gasteiger partial charge in [-0.1, -0.05) is 17.7 Å². The molecule has 4 nitrogen and oxygen atoms in total. The number of phenolic OH excluding ortho intramolecular Hbond substituents is 1. The number of hydrogen-bond donors (Lipinski definition) is 3. The van der Waals surface area contributed by atoms with Crippen molar-refractivity contribution in [2.45, 2.75) is 0 Å². The second-order valence-corrected chi connectivity index (χ2v) is 4.92. The number of nitrogens with two attached hydrogens (primary N) is 1. The molecule has 2 aromatic carbocycles. The van der Waals surface area contributed by atoms with Gasteiger partial charge in [0.05, 0.1) is 17.0 Å². The normalized spacial score (nSPS) is 15.8. The number of halogens is 1. The maximum Gasteiger partial charge on any atom is 0.258 e. The van der Waals surface area contributed by atoms with Crippen molar-refractivity contribution in [2.75, 3.05) is 5.32 Å². The van der Waals surface area contributed by atoms with Gasteiger partial charge in [-0.2, -0.15) is 0 Å². The van der Waals surface area contributed by atoms with Crippen molar-refractivity contribution in [3.05, 3.63) is 58.6 Å². The highest BCUT2D eigenvalue weighted by Crippen LogP contribution is 2.36. The Morgan fingerprint density at radius 2 is 1.85 bits per heavy atom. The van der Waals surface area contributed by atoms with Crippen LogP contribution in [0.5, 0.6) is 5.75 Å². The maximum absolute atomic E-state index is 12.1. The Labute approximate surface area is 120 Å². The van der Waals surface area contributed by atoms with Crippen LogP contribution in [0.25, 0.3) is 11.3 Å². The summed E-state index contributed by atoms with van der Waals surface area (Å²) in [6.45, 7) is 0. The zero-order valence-corrected chi connectivity index (χ0v) is 11.1. The molecule has 0 saturated heterocycles. The Hall–Kier alpha value is -2.46. The Bertz CT molecular complexity index is 736. The van der Waals surface area contributed by atoms with Crippen molar-refractivity contribution < 1.29 is 9.90 Å². The molecule has 0 bridgehead atoms. The van der Waals surface area contributed by atoms with Gasteiger partial charge >= 0.3 is 0 Å². The van der Waals surface area contributed by atoms with Gasteiger partial charge in [-0.05, 0) is 42.0 Å². The molecule has 20 heavy (non-hydrogen) atoms. The number of anilines is 1. The Morgan fingerprint density at radius 3 is 2.55 bits per heavy atom. The Morgan fingerprint density at radius 1 is 1.15 bits per heavy atom. The molecule has 0 atom stereocenters. The van der Waals surface area contributed by atoms with Gasteiger partial charge in [-0.3, -0.25) is 4.79 Å². The van der Waals surface area contributed by atoms with E-state index in [9.17, 15) is 9.90 Å². The van der Waals surface area contributed by atoms with Crippen LogP contribution in [-0.4, -0.2) is 11.0 Å². The smallest absolute Gasteiger partial charge is 0.258 e. The lowest BCUT2D eigenvalue weighted by molar-refractivity contribution is -0.110. The molecule has 1 heterocycles. The molecule has 0 radical (unpaired) electrons. The molecule has 0 spiro atoms. The average Bonchev–Trinajstić information content (AvgIpc) is 2.73. The number of aromatic hydroxyl groups is 1. The van der Waals surface area contributed by atoms with E-state index in [1.165, 1.54) is 12.1 Å². The van der Waals surface area contributed by atoms with Crippen molar-refractivity contribution in [3.63, 3.8) is 0 Å². The predicted molar refractivity (Wildman–Crippen MR) is 79.2 cm³/mol. The van der Waals surface area contributed by atoms with Gasteiger partial charge in [0.15, 0.2) is 0 Å². The van der Waals surface area contributed by atoms with Gasteiger partial charge < -0.3 is 16.2 Å². The molecule has 5 heteroatoms. The minimum Gasteiger partial charge on any atom is -0.508 e. The van der Waals surface area contributed by atoms with Gasteiger partial charge in [0.25, 0.3) is 5.91 Å². The third-order valence-electron chi connectivity index (χ3n) is 3.17. The molecule has 1 amide bonds. The largest absolute Gasteiger partial charge is 0.508 e. The van der Waals surface area contributed by atoms with E-state index in [1.807, 2.05) is 0 Å². The second-order valence-electron chi connectivity index (χ2n) is 4.48. The van der Waals surface area contributed by atoms with Crippen LogP contribution in [0.4, 0.5) is 5.69 Å². The summed E-state index contributed by atoms with van der Waals surface area (Å²) in [6.07, 6.45) is 0. The first-order valence-electron chi connectivity index (χ1n) is 5.96. The van der Waals surface area contributed by atoms with E-state index in [4.69, 9.17) is 17.3 Å². The van der Waals surface area contributed by atoms with Crippen LogP contribution >= 0.6 is 11.6 Å². The van der Waals surface area contributed by atoms with Crippen LogP contribution in [-0.2, 0) is 4.79 Å². The Kier molecular flexibility index (Phi) is 2.88. The minimum absolute atomic E-state index is 0.148. The van der Waals surface area contributed by atoms with E-state index < -0.39 is 0 Å². The van der Waals surface area contributed by atoms with Crippen molar-refractivity contribution in [1.29, 1.82) is 0 Å². The SMILES string of the molecule is NC(=C1C(=O)Nc2cc(Cl)ccc21)c1ccc(O)cc1. The fourth-order valence-corrected chi connectivity index (χ4v) is 2.37. The lowest BCUT2D eigenvalue weighted by Crippen LogP contribution is -2.09. The van der Waals surface area contributed by atoms with Crippen LogP contribution in [0.1, 0.15) is 11.1 Å². The fourth-order valence-electron chi connectivity index (χ4n) is 2.20. The number of rotatable bonds is 1. The second kappa shape index (κ2) is 4.58. The summed E-state index contributed by atoms with van der Waals surface area (Å²) in [5, 5.41) is 12.6. The Balaban J connectivity index is 2.16. The lowest BCUT2D eigenvalue weighted by atomic mass is 10.0. The molecular weight excluding hydrogens is 276 g/mol. The van der Waals surface area contributed by atoms with Crippen molar-refractivity contribution in [1.82, 2.24) is 0 Å². The summed E-state index contributed by atoms with van der Waals surface area (Å²) in [5.41, 5.74) is 8.94. The van der Waals surface area contributed by atoms with Gasteiger partial charge in [-0.15, -0.1) is 0 Å². The highest BCUT2D eigenvalue weighted by molar-refractivity contribution is 6.37. The first-order chi connectivity index (χ1) is 9.56. The highest BCUT2D eigenvalue weighted by atomic mass is 35.5. The molecular formula is C15H11ClN2O2. The van der Waals surface area contributed by atoms with Crippen LogP contribution in [0.2, 0.25) is 5.02 Å². The molecule has 0 saturated carbocycles. The molecule has 1 aliphatic rings. The molecule has 0 aromatic heterocycles. The molecule has 2 aromatic rings. The van der Waals surface area contributed by atoms with E-state index >= 15 is 0 Å². The van der Waals surface area contributed by atoms with Crippen molar-refractivity contribution in [3.8, 4) is 5.75 Å². The molecule has 0 fully saturated rings. The third kappa shape index (κ3) is 2.00. The number of carbonyl (C=O) groups excluding carboxylic acids is 1.